The number of aromatic nitrogens is 2. The van der Waals surface area contributed by atoms with Gasteiger partial charge in [0.1, 0.15) is 17.3 Å². The number of halogens is 4. The number of ether oxygens (including phenoxy) is 2. The van der Waals surface area contributed by atoms with E-state index in [1.165, 1.54) is 11.7 Å². The minimum atomic E-state index is -5.17. The van der Waals surface area contributed by atoms with Crippen molar-refractivity contribution in [2.45, 2.75) is 39.3 Å². The number of esters is 1. The van der Waals surface area contributed by atoms with Crippen LogP contribution in [0.1, 0.15) is 43.3 Å². The van der Waals surface area contributed by atoms with Crippen molar-refractivity contribution in [1.29, 1.82) is 5.26 Å². The highest BCUT2D eigenvalue weighted by atomic mass is 35.5. The molecule has 0 radical (unpaired) electrons. The van der Waals surface area contributed by atoms with Gasteiger partial charge in [-0.25, -0.2) is 4.79 Å². The number of benzene rings is 1. The van der Waals surface area contributed by atoms with Gasteiger partial charge < -0.3 is 9.47 Å². The summed E-state index contributed by atoms with van der Waals surface area (Å²) in [6.45, 7) is 6.65. The summed E-state index contributed by atoms with van der Waals surface area (Å²) >= 11 is 6.30. The predicted octanol–water partition coefficient (Wildman–Crippen LogP) is 5.15. The van der Waals surface area contributed by atoms with Gasteiger partial charge in [-0.15, -0.1) is 0 Å². The Morgan fingerprint density at radius 1 is 1.19 bits per heavy atom. The van der Waals surface area contributed by atoms with Gasteiger partial charge in [0.15, 0.2) is 5.76 Å². The van der Waals surface area contributed by atoms with E-state index in [1.54, 1.807) is 19.1 Å². The van der Waals surface area contributed by atoms with Gasteiger partial charge in [-0.2, -0.15) is 23.5 Å². The van der Waals surface area contributed by atoms with Gasteiger partial charge in [-0.1, -0.05) is 56.6 Å². The molecule has 0 unspecified atom stereocenters. The summed E-state index contributed by atoms with van der Waals surface area (Å²) in [6, 6.07) is 9.07. The van der Waals surface area contributed by atoms with E-state index in [-0.39, 0.29) is 27.5 Å². The SMILES string of the molecule is Cc1nn(C)c(/C(OCOC(=O)C(F)(F)F)=C(\C#N)c2ccc(C(C)(C)C)cc2)c1Cl. The minimum absolute atomic E-state index is 0.00610. The van der Waals surface area contributed by atoms with Crippen molar-refractivity contribution in [2.24, 2.45) is 7.05 Å². The number of hydrogen-bond acceptors (Lipinski definition) is 5. The summed E-state index contributed by atoms with van der Waals surface area (Å²) in [6.07, 6.45) is -5.17. The number of hydrogen-bond donors (Lipinski definition) is 0. The monoisotopic (exact) mass is 455 g/mol. The van der Waals surface area contributed by atoms with Crippen molar-refractivity contribution >= 4 is 28.9 Å². The summed E-state index contributed by atoms with van der Waals surface area (Å²) < 4.78 is 48.1. The molecule has 0 aliphatic heterocycles. The number of carbonyl (C=O) groups is 1. The number of nitrogens with zero attached hydrogens (tertiary/aromatic N) is 3. The fourth-order valence-electron chi connectivity index (χ4n) is 2.74. The van der Waals surface area contributed by atoms with Crippen LogP contribution in [-0.2, 0) is 26.7 Å². The number of aryl methyl sites for hydroxylation is 2. The maximum Gasteiger partial charge on any atom is 0.491 e. The quantitative estimate of drug-likeness (QED) is 0.269. The van der Waals surface area contributed by atoms with Crippen LogP contribution in [0.2, 0.25) is 5.02 Å². The molecule has 0 saturated carbocycles. The predicted molar refractivity (Wildman–Crippen MR) is 109 cm³/mol. The fraction of sp³-hybridized carbons (Fsp3) is 0.381. The lowest BCUT2D eigenvalue weighted by Crippen LogP contribution is -2.26. The van der Waals surface area contributed by atoms with Gasteiger partial charge >= 0.3 is 12.1 Å². The summed E-state index contributed by atoms with van der Waals surface area (Å²) in [5.41, 5.74) is 1.93. The second kappa shape index (κ2) is 9.02. The van der Waals surface area contributed by atoms with Gasteiger partial charge in [0, 0.05) is 7.05 Å². The van der Waals surface area contributed by atoms with Gasteiger partial charge in [-0.3, -0.25) is 4.68 Å². The highest BCUT2D eigenvalue weighted by Crippen LogP contribution is 2.34. The Bertz CT molecular complexity index is 1040. The van der Waals surface area contributed by atoms with E-state index in [4.69, 9.17) is 16.3 Å². The fourth-order valence-corrected chi connectivity index (χ4v) is 2.99. The molecular weight excluding hydrogens is 435 g/mol. The molecule has 0 atom stereocenters. The van der Waals surface area contributed by atoms with Crippen molar-refractivity contribution in [3.8, 4) is 6.07 Å². The average Bonchev–Trinajstić information content (AvgIpc) is 2.91. The van der Waals surface area contributed by atoms with Crippen LogP contribution in [0.15, 0.2) is 24.3 Å². The van der Waals surface area contributed by atoms with Crippen LogP contribution in [0.3, 0.4) is 0 Å². The number of carbonyl (C=O) groups excluding carboxylic acids is 1. The Hall–Kier alpha value is -2.99. The van der Waals surface area contributed by atoms with Crippen molar-refractivity contribution in [2.75, 3.05) is 6.79 Å². The van der Waals surface area contributed by atoms with E-state index in [0.717, 1.165) is 5.56 Å². The van der Waals surface area contributed by atoms with Crippen molar-refractivity contribution in [3.63, 3.8) is 0 Å². The highest BCUT2D eigenvalue weighted by molar-refractivity contribution is 6.33. The molecule has 0 saturated heterocycles. The summed E-state index contributed by atoms with van der Waals surface area (Å²) in [7, 11) is 1.54. The van der Waals surface area contributed by atoms with Crippen LogP contribution in [0.4, 0.5) is 13.2 Å². The Morgan fingerprint density at radius 3 is 2.19 bits per heavy atom. The molecule has 10 heteroatoms. The first-order chi connectivity index (χ1) is 14.3. The summed E-state index contributed by atoms with van der Waals surface area (Å²) in [5, 5.41) is 14.1. The van der Waals surface area contributed by atoms with Gasteiger partial charge in [0.05, 0.1) is 10.7 Å². The molecule has 0 N–H and O–H groups in total. The van der Waals surface area contributed by atoms with Crippen molar-refractivity contribution < 1.29 is 27.4 Å². The van der Waals surface area contributed by atoms with E-state index in [0.29, 0.717) is 11.3 Å². The molecular formula is C21H21ClF3N3O3. The first kappa shape index (κ1) is 24.3. The topological polar surface area (TPSA) is 77.1 Å². The summed E-state index contributed by atoms with van der Waals surface area (Å²) in [4.78, 5) is 11.0. The maximum atomic E-state index is 12.4. The van der Waals surface area contributed by atoms with Crippen LogP contribution >= 0.6 is 11.6 Å². The maximum absolute atomic E-state index is 12.4. The van der Waals surface area contributed by atoms with Crippen molar-refractivity contribution in [1.82, 2.24) is 9.78 Å². The average molecular weight is 456 g/mol. The summed E-state index contributed by atoms with van der Waals surface area (Å²) in [5.74, 6) is -2.57. The minimum Gasteiger partial charge on any atom is -0.454 e. The molecule has 0 fully saturated rings. The molecule has 0 aliphatic rings. The molecule has 166 valence electrons. The molecule has 0 aliphatic carbocycles. The Balaban J connectivity index is 2.54. The zero-order valence-electron chi connectivity index (χ0n) is 17.6. The van der Waals surface area contributed by atoms with Gasteiger partial charge in [0.25, 0.3) is 0 Å². The van der Waals surface area contributed by atoms with E-state index >= 15 is 0 Å². The van der Waals surface area contributed by atoms with Crippen LogP contribution in [0.25, 0.3) is 11.3 Å². The second-order valence-corrected chi connectivity index (χ2v) is 8.08. The van der Waals surface area contributed by atoms with Crippen LogP contribution in [-0.4, -0.2) is 28.7 Å². The molecule has 0 bridgehead atoms. The van der Waals surface area contributed by atoms with Gasteiger partial charge in [-0.05, 0) is 23.5 Å². The molecule has 2 rings (SSSR count). The van der Waals surface area contributed by atoms with Crippen LogP contribution in [0.5, 0.6) is 0 Å². The Labute approximate surface area is 182 Å². The molecule has 2 aromatic rings. The first-order valence-electron chi connectivity index (χ1n) is 9.09. The van der Waals surface area contributed by atoms with Crippen LogP contribution < -0.4 is 0 Å². The third-order valence-electron chi connectivity index (χ3n) is 4.37. The van der Waals surface area contributed by atoms with Crippen molar-refractivity contribution in [3.05, 3.63) is 51.8 Å². The van der Waals surface area contributed by atoms with E-state index in [1.807, 2.05) is 39.0 Å². The first-order valence-corrected chi connectivity index (χ1v) is 9.46. The highest BCUT2D eigenvalue weighted by Gasteiger charge is 2.41. The number of alkyl halides is 3. The molecule has 31 heavy (non-hydrogen) atoms. The Morgan fingerprint density at radius 2 is 1.77 bits per heavy atom. The standard InChI is InChI=1S/C21H21ClF3N3O3/c1-12-16(22)17(28(5)27-12)18(30-11-31-19(29)21(23,24)25)15(10-26)13-6-8-14(9-7-13)20(2,3)4/h6-9H,11H2,1-5H3/b18-15-. The Kier molecular flexibility index (Phi) is 7.06. The third-order valence-corrected chi connectivity index (χ3v) is 4.82. The molecule has 6 nitrogen and oxygen atoms in total. The smallest absolute Gasteiger partial charge is 0.454 e. The number of allylic oxidation sites excluding steroid dienone is 1. The normalized spacial score (nSPS) is 12.8. The lowest BCUT2D eigenvalue weighted by Gasteiger charge is -2.19. The third kappa shape index (κ3) is 5.58. The molecule has 1 heterocycles. The van der Waals surface area contributed by atoms with E-state index in [9.17, 15) is 23.2 Å². The number of rotatable bonds is 5. The van der Waals surface area contributed by atoms with Crippen LogP contribution in [0, 0.1) is 18.3 Å². The molecule has 0 spiro atoms. The van der Waals surface area contributed by atoms with E-state index < -0.39 is 18.9 Å². The lowest BCUT2D eigenvalue weighted by molar-refractivity contribution is -0.206. The van der Waals surface area contributed by atoms with Gasteiger partial charge in [0.2, 0.25) is 6.79 Å². The zero-order valence-corrected chi connectivity index (χ0v) is 18.4. The molecule has 1 aromatic carbocycles. The largest absolute Gasteiger partial charge is 0.491 e. The molecule has 1 aromatic heterocycles. The van der Waals surface area contributed by atoms with E-state index in [2.05, 4.69) is 9.84 Å². The lowest BCUT2D eigenvalue weighted by atomic mass is 9.86. The number of nitriles is 1. The second-order valence-electron chi connectivity index (χ2n) is 7.71. The molecule has 0 amide bonds. The zero-order chi connectivity index (χ0) is 23.6.